The molecule has 0 aromatic heterocycles. The summed E-state index contributed by atoms with van der Waals surface area (Å²) in [6.07, 6.45) is 17.6. The molecule has 1 N–H and O–H groups in total. The zero-order chi connectivity index (χ0) is 36.5. The van der Waals surface area contributed by atoms with E-state index < -0.39 is 25.0 Å². The van der Waals surface area contributed by atoms with Crippen molar-refractivity contribution in [3.8, 4) is 0 Å². The number of rotatable bonds is 17. The Morgan fingerprint density at radius 1 is 0.766 bits per heavy atom. The van der Waals surface area contributed by atoms with Gasteiger partial charge in [0.1, 0.15) is 0 Å². The van der Waals surface area contributed by atoms with Crippen LogP contribution in [-0.4, -0.2) is 68.1 Å². The van der Waals surface area contributed by atoms with E-state index in [1.54, 1.807) is 0 Å². The number of carbonyl (C=O) groups is 1. The van der Waals surface area contributed by atoms with Crippen molar-refractivity contribution in [1.29, 1.82) is 0 Å². The first-order chi connectivity index (χ1) is 21.3. The molecule has 0 heterocycles. The van der Waals surface area contributed by atoms with Crippen LogP contribution in [0.25, 0.3) is 0 Å². The van der Waals surface area contributed by atoms with Gasteiger partial charge in [-0.05, 0) is 92.4 Å². The Kier molecular flexibility index (Phi) is 16.8. The van der Waals surface area contributed by atoms with Crippen LogP contribution in [0.4, 0.5) is 0 Å². The van der Waals surface area contributed by atoms with Crippen molar-refractivity contribution in [2.45, 2.75) is 174 Å². The Balaban J connectivity index is 3.63. The second-order valence-corrected chi connectivity index (χ2v) is 32.4. The highest BCUT2D eigenvalue weighted by Gasteiger charge is 2.50. The first kappa shape index (κ1) is 44.2. The first-order valence-corrected chi connectivity index (χ1v) is 26.7. The minimum Gasteiger partial charge on any atom is -0.469 e. The van der Waals surface area contributed by atoms with Crippen molar-refractivity contribution in [1.82, 2.24) is 0 Å². The van der Waals surface area contributed by atoms with Crippen molar-refractivity contribution < 1.29 is 27.9 Å². The van der Waals surface area contributed by atoms with Crippen molar-refractivity contribution in [3.63, 3.8) is 0 Å². The highest BCUT2D eigenvalue weighted by atomic mass is 28.4. The van der Waals surface area contributed by atoms with Crippen LogP contribution in [0.5, 0.6) is 0 Å². The van der Waals surface area contributed by atoms with Crippen LogP contribution < -0.4 is 0 Å². The fraction of sp³-hybridized carbons (Fsp3) is 0.816. The second-order valence-electron chi connectivity index (χ2n) is 18.2. The van der Waals surface area contributed by atoms with Gasteiger partial charge in [0.05, 0.1) is 25.4 Å². The van der Waals surface area contributed by atoms with Gasteiger partial charge in [-0.3, -0.25) is 4.79 Å². The lowest BCUT2D eigenvalue weighted by Crippen LogP contribution is -2.45. The third-order valence-corrected chi connectivity index (χ3v) is 24.8. The molecule has 274 valence electrons. The summed E-state index contributed by atoms with van der Waals surface area (Å²) in [5.74, 6) is 0.242. The first-order valence-electron chi connectivity index (χ1n) is 18.0. The molecule has 0 aromatic rings. The molecular formula is C38H74O6Si3. The Morgan fingerprint density at radius 2 is 1.28 bits per heavy atom. The Hall–Kier alpha value is -0.819. The average Bonchev–Trinajstić information content (AvgIpc) is 3.20. The van der Waals surface area contributed by atoms with Gasteiger partial charge < -0.3 is 23.1 Å². The summed E-state index contributed by atoms with van der Waals surface area (Å²) < 4.78 is 26.3. The molecule has 0 aromatic carbocycles. The second kappa shape index (κ2) is 17.9. The van der Waals surface area contributed by atoms with Gasteiger partial charge in [0.15, 0.2) is 25.0 Å². The number of aliphatic hydroxyl groups is 1. The molecule has 1 saturated carbocycles. The van der Waals surface area contributed by atoms with Crippen LogP contribution in [-0.2, 0) is 22.8 Å². The van der Waals surface area contributed by atoms with E-state index in [1.165, 1.54) is 7.11 Å². The highest BCUT2D eigenvalue weighted by molar-refractivity contribution is 6.75. The van der Waals surface area contributed by atoms with E-state index in [1.807, 2.05) is 0 Å². The van der Waals surface area contributed by atoms with Crippen molar-refractivity contribution in [2.24, 2.45) is 11.8 Å². The Bertz CT molecular complexity index is 1040. The summed E-state index contributed by atoms with van der Waals surface area (Å²) in [6, 6.07) is 0. The highest BCUT2D eigenvalue weighted by Crippen LogP contribution is 2.48. The lowest BCUT2D eigenvalue weighted by molar-refractivity contribution is -0.140. The fourth-order valence-corrected chi connectivity index (χ4v) is 9.13. The topological polar surface area (TPSA) is 74.2 Å². The van der Waals surface area contributed by atoms with Gasteiger partial charge in [-0.1, -0.05) is 98.8 Å². The maximum Gasteiger partial charge on any atom is 0.305 e. The molecule has 9 heteroatoms. The normalized spacial score (nSPS) is 23.0. The molecule has 0 bridgehead atoms. The van der Waals surface area contributed by atoms with Crippen LogP contribution in [0.15, 0.2) is 36.5 Å². The van der Waals surface area contributed by atoms with Crippen LogP contribution >= 0.6 is 0 Å². The van der Waals surface area contributed by atoms with Crippen LogP contribution in [0.1, 0.15) is 101 Å². The van der Waals surface area contributed by atoms with E-state index in [2.05, 4.69) is 138 Å². The molecule has 0 saturated heterocycles. The fourth-order valence-electron chi connectivity index (χ4n) is 5.10. The van der Waals surface area contributed by atoms with Gasteiger partial charge in [-0.25, -0.2) is 0 Å². The average molecular weight is 711 g/mol. The summed E-state index contributed by atoms with van der Waals surface area (Å²) in [5, 5.41) is 9.74. The van der Waals surface area contributed by atoms with Gasteiger partial charge in [0.2, 0.25) is 0 Å². The SMILES string of the molecule is COC(=O)CC/C=C\C[C@@H](/C=C/[C@H]1[C@@H](C/C=C\CCO)[C@H](O[Si](C)(C)C(C)(C)C)C[C@@H]1O[Si](C)(C)C(C)(C)C)O[Si](C)(C)C(C)(C)C. The largest absolute Gasteiger partial charge is 0.469 e. The predicted octanol–water partition coefficient (Wildman–Crippen LogP) is 10.6. The molecule has 6 nitrogen and oxygen atoms in total. The number of hydrogen-bond donors (Lipinski definition) is 1. The monoisotopic (exact) mass is 710 g/mol. The number of aliphatic hydroxyl groups excluding tert-OH is 1. The Morgan fingerprint density at radius 3 is 1.77 bits per heavy atom. The summed E-state index contributed by atoms with van der Waals surface area (Å²) in [6.45, 7) is 34.9. The zero-order valence-electron chi connectivity index (χ0n) is 33.3. The molecular weight excluding hydrogens is 637 g/mol. The number of methoxy groups -OCH3 is 1. The molecule has 0 amide bonds. The van der Waals surface area contributed by atoms with E-state index in [-0.39, 0.29) is 57.8 Å². The minimum absolute atomic E-state index is 0.0577. The Labute approximate surface area is 293 Å². The van der Waals surface area contributed by atoms with Gasteiger partial charge >= 0.3 is 5.97 Å². The quantitative estimate of drug-likeness (QED) is 0.0920. The molecule has 1 aliphatic rings. The molecule has 47 heavy (non-hydrogen) atoms. The number of esters is 1. The van der Waals surface area contributed by atoms with Gasteiger partial charge in [0.25, 0.3) is 0 Å². The van der Waals surface area contributed by atoms with Crippen LogP contribution in [0, 0.1) is 11.8 Å². The summed E-state index contributed by atoms with van der Waals surface area (Å²) in [5.41, 5.74) is 0. The van der Waals surface area contributed by atoms with E-state index in [0.29, 0.717) is 19.3 Å². The van der Waals surface area contributed by atoms with Crippen molar-refractivity contribution in [3.05, 3.63) is 36.5 Å². The lowest BCUT2D eigenvalue weighted by Gasteiger charge is -2.40. The third kappa shape index (κ3) is 13.8. The molecule has 5 atom stereocenters. The number of carbonyl (C=O) groups excluding carboxylic acids is 1. The molecule has 0 radical (unpaired) electrons. The lowest BCUT2D eigenvalue weighted by atomic mass is 9.89. The minimum atomic E-state index is -2.07. The predicted molar refractivity (Wildman–Crippen MR) is 207 cm³/mol. The smallest absolute Gasteiger partial charge is 0.305 e. The maximum atomic E-state index is 11.6. The number of allylic oxidation sites excluding steroid dienone is 2. The third-order valence-electron chi connectivity index (χ3n) is 11.3. The van der Waals surface area contributed by atoms with E-state index in [0.717, 1.165) is 19.3 Å². The molecule has 1 rings (SSSR count). The van der Waals surface area contributed by atoms with E-state index in [9.17, 15) is 9.90 Å². The summed E-state index contributed by atoms with van der Waals surface area (Å²) in [7, 11) is -4.76. The summed E-state index contributed by atoms with van der Waals surface area (Å²) >= 11 is 0. The zero-order valence-corrected chi connectivity index (χ0v) is 36.3. The summed E-state index contributed by atoms with van der Waals surface area (Å²) in [4.78, 5) is 11.6. The molecule has 0 aliphatic heterocycles. The number of hydrogen-bond acceptors (Lipinski definition) is 6. The van der Waals surface area contributed by atoms with E-state index >= 15 is 0 Å². The maximum absolute atomic E-state index is 11.6. The van der Waals surface area contributed by atoms with Gasteiger partial charge in [-0.2, -0.15) is 0 Å². The van der Waals surface area contributed by atoms with Crippen LogP contribution in [0.2, 0.25) is 54.4 Å². The molecule has 0 spiro atoms. The van der Waals surface area contributed by atoms with Crippen molar-refractivity contribution >= 4 is 30.9 Å². The number of ether oxygens (including phenoxy) is 1. The van der Waals surface area contributed by atoms with E-state index in [4.69, 9.17) is 18.0 Å². The van der Waals surface area contributed by atoms with Gasteiger partial charge in [0, 0.05) is 18.9 Å². The van der Waals surface area contributed by atoms with Gasteiger partial charge in [-0.15, -0.1) is 0 Å². The standard InChI is InChI=1S/C38H74O6Si3/c1-36(2,3)45(11,12)42-30(23-19-17-21-25-35(40)41-10)26-27-32-31(24-20-18-22-28-39)33(43-46(13,14)37(4,5)6)29-34(32)44-47(15,16)38(7,8)9/h17-20,26-27,30-34,39H,21-25,28-29H2,1-16H3/b19-17-,20-18-,27-26+/t30-,31+,32-,33+,34-/m0/s1. The molecule has 1 fully saturated rings. The van der Waals surface area contributed by atoms with Crippen molar-refractivity contribution in [2.75, 3.05) is 13.7 Å². The molecule has 0 unspecified atom stereocenters. The van der Waals surface area contributed by atoms with Crippen LogP contribution in [0.3, 0.4) is 0 Å². The molecule has 1 aliphatic carbocycles.